The van der Waals surface area contributed by atoms with Crippen LogP contribution in [0.2, 0.25) is 0 Å². The Morgan fingerprint density at radius 2 is 1.85 bits per heavy atom. The standard InChI is InChI=1S/C14H15BrFNO2S/c15-9-3-4-11(10(16)6-9)20(18,19)17-14-12-7-1-2-8(5-7)13(12)14/h3-4,6-8,12-14,17H,1-2,5H2. The molecule has 0 spiro atoms. The van der Waals surface area contributed by atoms with E-state index < -0.39 is 15.8 Å². The van der Waals surface area contributed by atoms with Crippen molar-refractivity contribution in [3.63, 3.8) is 0 Å². The molecule has 1 N–H and O–H groups in total. The van der Waals surface area contributed by atoms with Gasteiger partial charge in [-0.2, -0.15) is 0 Å². The summed E-state index contributed by atoms with van der Waals surface area (Å²) in [5, 5.41) is 0. The molecule has 6 heteroatoms. The van der Waals surface area contributed by atoms with Crippen molar-refractivity contribution in [1.29, 1.82) is 0 Å². The molecule has 0 aromatic heterocycles. The third-order valence-corrected chi connectivity index (χ3v) is 7.20. The highest BCUT2D eigenvalue weighted by atomic mass is 79.9. The molecule has 3 fully saturated rings. The Hall–Kier alpha value is -0.460. The lowest BCUT2D eigenvalue weighted by Gasteiger charge is -2.12. The van der Waals surface area contributed by atoms with E-state index >= 15 is 0 Å². The zero-order valence-corrected chi connectivity index (χ0v) is 13.1. The van der Waals surface area contributed by atoms with Crippen LogP contribution in [-0.4, -0.2) is 14.5 Å². The van der Waals surface area contributed by atoms with Crippen LogP contribution in [0.5, 0.6) is 0 Å². The van der Waals surface area contributed by atoms with Crippen molar-refractivity contribution in [3.8, 4) is 0 Å². The number of fused-ring (bicyclic) bond motifs is 5. The summed E-state index contributed by atoms with van der Waals surface area (Å²) in [5.41, 5.74) is 0. The van der Waals surface area contributed by atoms with Gasteiger partial charge in [0.15, 0.2) is 0 Å². The largest absolute Gasteiger partial charge is 0.243 e. The molecule has 108 valence electrons. The number of halogens is 2. The molecule has 3 saturated carbocycles. The topological polar surface area (TPSA) is 46.2 Å². The van der Waals surface area contributed by atoms with E-state index in [1.807, 2.05) is 0 Å². The van der Waals surface area contributed by atoms with Crippen LogP contribution in [0, 0.1) is 29.5 Å². The second-order valence-electron chi connectivity index (χ2n) is 6.21. The zero-order valence-electron chi connectivity index (χ0n) is 10.7. The van der Waals surface area contributed by atoms with Gasteiger partial charge in [0.05, 0.1) is 0 Å². The molecule has 0 amide bonds. The molecule has 4 unspecified atom stereocenters. The average molecular weight is 360 g/mol. The minimum absolute atomic E-state index is 0.0364. The molecule has 0 heterocycles. The van der Waals surface area contributed by atoms with Crippen LogP contribution in [-0.2, 0) is 10.0 Å². The van der Waals surface area contributed by atoms with E-state index in [-0.39, 0.29) is 10.9 Å². The minimum Gasteiger partial charge on any atom is -0.207 e. The summed E-state index contributed by atoms with van der Waals surface area (Å²) in [6.07, 6.45) is 3.73. The van der Waals surface area contributed by atoms with Crippen molar-refractivity contribution >= 4 is 26.0 Å². The van der Waals surface area contributed by atoms with Crippen LogP contribution in [0.1, 0.15) is 19.3 Å². The number of hydrogen-bond acceptors (Lipinski definition) is 2. The van der Waals surface area contributed by atoms with Gasteiger partial charge in [-0.25, -0.2) is 17.5 Å². The summed E-state index contributed by atoms with van der Waals surface area (Å²) in [6.45, 7) is 0. The van der Waals surface area contributed by atoms with E-state index in [0.717, 1.165) is 0 Å². The normalized spacial score (nSPS) is 38.0. The lowest BCUT2D eigenvalue weighted by atomic mass is 10.0. The summed E-state index contributed by atoms with van der Waals surface area (Å²) in [6, 6.07) is 4.09. The molecule has 4 rings (SSSR count). The number of hydrogen-bond donors (Lipinski definition) is 1. The van der Waals surface area contributed by atoms with Gasteiger partial charge < -0.3 is 0 Å². The third kappa shape index (κ3) is 1.88. The maximum absolute atomic E-state index is 13.8. The fourth-order valence-electron chi connectivity index (χ4n) is 4.42. The Balaban J connectivity index is 1.57. The highest BCUT2D eigenvalue weighted by Crippen LogP contribution is 2.65. The molecule has 0 radical (unpaired) electrons. The van der Waals surface area contributed by atoms with Gasteiger partial charge in [0.1, 0.15) is 10.7 Å². The Labute approximate surface area is 126 Å². The fraction of sp³-hybridized carbons (Fsp3) is 0.571. The van der Waals surface area contributed by atoms with E-state index in [0.29, 0.717) is 28.1 Å². The highest BCUT2D eigenvalue weighted by molar-refractivity contribution is 9.10. The van der Waals surface area contributed by atoms with E-state index in [2.05, 4.69) is 20.7 Å². The molecular weight excluding hydrogens is 345 g/mol. The lowest BCUT2D eigenvalue weighted by molar-refractivity contribution is 0.456. The summed E-state index contributed by atoms with van der Waals surface area (Å²) in [7, 11) is -3.75. The SMILES string of the molecule is O=S(=O)(NC1C2C3CCC(C3)C12)c1ccc(Br)cc1F. The Bertz CT molecular complexity index is 662. The molecule has 4 atom stereocenters. The summed E-state index contributed by atoms with van der Waals surface area (Å²) in [5.74, 6) is 1.67. The van der Waals surface area contributed by atoms with Crippen LogP contribution in [0.3, 0.4) is 0 Å². The number of nitrogens with one attached hydrogen (secondary N) is 1. The molecule has 3 nitrogen and oxygen atoms in total. The maximum atomic E-state index is 13.8. The van der Waals surface area contributed by atoms with E-state index in [1.54, 1.807) is 6.07 Å². The van der Waals surface area contributed by atoms with Gasteiger partial charge in [0.2, 0.25) is 10.0 Å². The summed E-state index contributed by atoms with van der Waals surface area (Å²) < 4.78 is 41.7. The molecule has 0 aliphatic heterocycles. The summed E-state index contributed by atoms with van der Waals surface area (Å²) >= 11 is 3.13. The molecule has 1 aromatic carbocycles. The van der Waals surface area contributed by atoms with Gasteiger partial charge in [-0.3, -0.25) is 0 Å². The quantitative estimate of drug-likeness (QED) is 0.901. The van der Waals surface area contributed by atoms with Gasteiger partial charge in [-0.15, -0.1) is 0 Å². The highest BCUT2D eigenvalue weighted by Gasteiger charge is 2.65. The molecular formula is C14H15BrFNO2S. The monoisotopic (exact) mass is 359 g/mol. The van der Waals surface area contributed by atoms with Crippen LogP contribution < -0.4 is 4.72 Å². The first kappa shape index (κ1) is 13.2. The molecule has 1 aromatic rings. The van der Waals surface area contributed by atoms with Crippen molar-refractivity contribution in [2.24, 2.45) is 23.7 Å². The van der Waals surface area contributed by atoms with Crippen LogP contribution in [0.25, 0.3) is 0 Å². The second kappa shape index (κ2) is 4.27. The van der Waals surface area contributed by atoms with Crippen LogP contribution in [0.15, 0.2) is 27.6 Å². The second-order valence-corrected chi connectivity index (χ2v) is 8.81. The van der Waals surface area contributed by atoms with Gasteiger partial charge in [-0.05, 0) is 61.1 Å². The predicted octanol–water partition coefficient (Wildman–Crippen LogP) is 2.91. The van der Waals surface area contributed by atoms with E-state index in [4.69, 9.17) is 0 Å². The van der Waals surface area contributed by atoms with Crippen LogP contribution in [0.4, 0.5) is 4.39 Å². The van der Waals surface area contributed by atoms with Gasteiger partial charge >= 0.3 is 0 Å². The molecule has 3 aliphatic carbocycles. The van der Waals surface area contributed by atoms with Gasteiger partial charge in [0, 0.05) is 10.5 Å². The third-order valence-electron chi connectivity index (χ3n) is 5.21. The number of rotatable bonds is 3. The predicted molar refractivity (Wildman–Crippen MR) is 76.0 cm³/mol. The maximum Gasteiger partial charge on any atom is 0.243 e. The smallest absolute Gasteiger partial charge is 0.207 e. The van der Waals surface area contributed by atoms with Crippen molar-refractivity contribution in [3.05, 3.63) is 28.5 Å². The van der Waals surface area contributed by atoms with Crippen molar-refractivity contribution < 1.29 is 12.8 Å². The Morgan fingerprint density at radius 1 is 1.20 bits per heavy atom. The lowest BCUT2D eigenvalue weighted by Crippen LogP contribution is -2.30. The first-order valence-corrected chi connectivity index (χ1v) is 9.22. The zero-order chi connectivity index (χ0) is 14.1. The first-order chi connectivity index (χ1) is 9.47. The van der Waals surface area contributed by atoms with Crippen molar-refractivity contribution in [2.75, 3.05) is 0 Å². The first-order valence-electron chi connectivity index (χ1n) is 6.95. The van der Waals surface area contributed by atoms with Gasteiger partial charge in [0.25, 0.3) is 0 Å². The fourth-order valence-corrected chi connectivity index (χ4v) is 6.11. The molecule has 2 bridgehead atoms. The molecule has 0 saturated heterocycles. The number of benzene rings is 1. The van der Waals surface area contributed by atoms with Crippen molar-refractivity contribution in [1.82, 2.24) is 4.72 Å². The molecule has 3 aliphatic rings. The van der Waals surface area contributed by atoms with Crippen molar-refractivity contribution in [2.45, 2.75) is 30.2 Å². The molecule has 20 heavy (non-hydrogen) atoms. The van der Waals surface area contributed by atoms with Gasteiger partial charge in [-0.1, -0.05) is 15.9 Å². The van der Waals surface area contributed by atoms with E-state index in [1.165, 1.54) is 31.4 Å². The average Bonchev–Trinajstić information content (AvgIpc) is 2.78. The van der Waals surface area contributed by atoms with E-state index in [9.17, 15) is 12.8 Å². The Morgan fingerprint density at radius 3 is 2.45 bits per heavy atom. The minimum atomic E-state index is -3.75. The summed E-state index contributed by atoms with van der Waals surface area (Å²) in [4.78, 5) is -0.252. The number of sulfonamides is 1. The Kier molecular flexibility index (Phi) is 2.82. The van der Waals surface area contributed by atoms with Crippen LogP contribution >= 0.6 is 15.9 Å².